The van der Waals surface area contributed by atoms with Gasteiger partial charge in [0.05, 0.1) is 0 Å². The van der Waals surface area contributed by atoms with E-state index in [1.165, 1.54) is 20.9 Å². The van der Waals surface area contributed by atoms with Gasteiger partial charge in [-0.2, -0.15) is 0 Å². The normalized spacial score (nSPS) is 10.7. The Kier molecular flexibility index (Phi) is 5.00. The van der Waals surface area contributed by atoms with Gasteiger partial charge in [-0.1, -0.05) is 12.1 Å². The van der Waals surface area contributed by atoms with Crippen molar-refractivity contribution in [2.75, 3.05) is 13.2 Å². The van der Waals surface area contributed by atoms with Gasteiger partial charge in [-0.3, -0.25) is 0 Å². The monoisotopic (exact) mass is 275 g/mol. The summed E-state index contributed by atoms with van der Waals surface area (Å²) in [7, 11) is 0. The van der Waals surface area contributed by atoms with E-state index in [4.69, 9.17) is 4.74 Å². The number of ether oxygens (including phenoxy) is 1. The van der Waals surface area contributed by atoms with Crippen molar-refractivity contribution in [2.24, 2.45) is 0 Å². The summed E-state index contributed by atoms with van der Waals surface area (Å²) in [6.45, 7) is 8.90. The van der Waals surface area contributed by atoms with Gasteiger partial charge in [0, 0.05) is 22.8 Å². The first kappa shape index (κ1) is 14.1. The summed E-state index contributed by atoms with van der Waals surface area (Å²) in [6, 6.07) is 10.4. The Balaban J connectivity index is 1.69. The first-order chi connectivity index (χ1) is 9.15. The number of aryl methyl sites for hydroxylation is 3. The van der Waals surface area contributed by atoms with Crippen molar-refractivity contribution in [3.63, 3.8) is 0 Å². The van der Waals surface area contributed by atoms with Gasteiger partial charge in [-0.25, -0.2) is 0 Å². The average molecular weight is 275 g/mol. The maximum Gasteiger partial charge on any atom is 0.119 e. The molecule has 0 fully saturated rings. The van der Waals surface area contributed by atoms with Crippen LogP contribution in [0.15, 0.2) is 30.3 Å². The zero-order valence-corrected chi connectivity index (χ0v) is 12.6. The Morgan fingerprint density at radius 3 is 2.68 bits per heavy atom. The molecule has 2 aromatic rings. The van der Waals surface area contributed by atoms with Crippen molar-refractivity contribution >= 4 is 11.3 Å². The molecular formula is C16H21NOS. The standard InChI is InChI=1S/C16H21NOS/c1-12-5-4-6-16(9-12)18-8-7-17-11-15-10-13(2)19-14(15)3/h4-6,9-10,17H,7-8,11H2,1-3H3. The van der Waals surface area contributed by atoms with Crippen LogP contribution in [0.3, 0.4) is 0 Å². The molecule has 1 aromatic heterocycles. The second-order valence-corrected chi connectivity index (χ2v) is 6.24. The molecular weight excluding hydrogens is 254 g/mol. The predicted octanol–water partition coefficient (Wildman–Crippen LogP) is 3.84. The highest BCUT2D eigenvalue weighted by Gasteiger charge is 2.01. The second kappa shape index (κ2) is 6.73. The minimum atomic E-state index is 0.700. The van der Waals surface area contributed by atoms with E-state index in [0.29, 0.717) is 6.61 Å². The molecule has 1 N–H and O–H groups in total. The SMILES string of the molecule is Cc1cccc(OCCNCc2cc(C)sc2C)c1. The minimum absolute atomic E-state index is 0.700. The van der Waals surface area contributed by atoms with Crippen molar-refractivity contribution in [1.29, 1.82) is 0 Å². The molecule has 1 aromatic carbocycles. The van der Waals surface area contributed by atoms with Crippen LogP contribution in [0.25, 0.3) is 0 Å². The van der Waals surface area contributed by atoms with Crippen molar-refractivity contribution in [2.45, 2.75) is 27.3 Å². The summed E-state index contributed by atoms with van der Waals surface area (Å²) < 4.78 is 5.70. The number of hydrogen-bond acceptors (Lipinski definition) is 3. The highest BCUT2D eigenvalue weighted by atomic mass is 32.1. The molecule has 0 unspecified atom stereocenters. The number of thiophene rings is 1. The van der Waals surface area contributed by atoms with Crippen molar-refractivity contribution < 1.29 is 4.74 Å². The molecule has 102 valence electrons. The molecule has 0 aliphatic heterocycles. The summed E-state index contributed by atoms with van der Waals surface area (Å²) in [4.78, 5) is 2.79. The lowest BCUT2D eigenvalue weighted by molar-refractivity contribution is 0.313. The minimum Gasteiger partial charge on any atom is -0.492 e. The molecule has 0 spiro atoms. The van der Waals surface area contributed by atoms with Crippen LogP contribution in [0.2, 0.25) is 0 Å². The van der Waals surface area contributed by atoms with Crippen molar-refractivity contribution in [3.8, 4) is 5.75 Å². The van der Waals surface area contributed by atoms with E-state index in [0.717, 1.165) is 18.8 Å². The molecule has 1 heterocycles. The van der Waals surface area contributed by atoms with Crippen LogP contribution in [0, 0.1) is 20.8 Å². The van der Waals surface area contributed by atoms with E-state index in [2.05, 4.69) is 44.3 Å². The Bertz CT molecular complexity index is 533. The predicted molar refractivity (Wildman–Crippen MR) is 82.2 cm³/mol. The Hall–Kier alpha value is -1.32. The lowest BCUT2D eigenvalue weighted by Crippen LogP contribution is -2.20. The van der Waals surface area contributed by atoms with Crippen molar-refractivity contribution in [1.82, 2.24) is 5.32 Å². The third-order valence-corrected chi connectivity index (χ3v) is 4.00. The quantitative estimate of drug-likeness (QED) is 0.809. The molecule has 3 heteroatoms. The highest BCUT2D eigenvalue weighted by molar-refractivity contribution is 7.12. The molecule has 0 saturated carbocycles. The van der Waals surface area contributed by atoms with Crippen LogP contribution in [-0.4, -0.2) is 13.2 Å². The first-order valence-corrected chi connectivity index (χ1v) is 7.43. The molecule has 0 aliphatic carbocycles. The number of hydrogen-bond donors (Lipinski definition) is 1. The van der Waals surface area contributed by atoms with Gasteiger partial charge in [0.15, 0.2) is 0 Å². The van der Waals surface area contributed by atoms with Crippen LogP contribution in [0.4, 0.5) is 0 Å². The Morgan fingerprint density at radius 2 is 2.00 bits per heavy atom. The first-order valence-electron chi connectivity index (χ1n) is 6.61. The van der Waals surface area contributed by atoms with Crippen LogP contribution < -0.4 is 10.1 Å². The largest absolute Gasteiger partial charge is 0.492 e. The zero-order valence-electron chi connectivity index (χ0n) is 11.8. The average Bonchev–Trinajstić information content (AvgIpc) is 2.68. The summed E-state index contributed by atoms with van der Waals surface area (Å²) in [5, 5.41) is 3.42. The van der Waals surface area contributed by atoms with Crippen molar-refractivity contribution in [3.05, 3.63) is 51.2 Å². The summed E-state index contributed by atoms with van der Waals surface area (Å²) in [5.41, 5.74) is 2.63. The van der Waals surface area contributed by atoms with Gasteiger partial charge >= 0.3 is 0 Å². The number of rotatable bonds is 6. The molecule has 0 aliphatic rings. The fourth-order valence-corrected chi connectivity index (χ4v) is 2.97. The molecule has 0 bridgehead atoms. The second-order valence-electron chi connectivity index (χ2n) is 4.78. The van der Waals surface area contributed by atoms with Crippen LogP contribution in [0.1, 0.15) is 20.9 Å². The van der Waals surface area contributed by atoms with E-state index < -0.39 is 0 Å². The third kappa shape index (κ3) is 4.37. The maximum absolute atomic E-state index is 5.70. The van der Waals surface area contributed by atoms with E-state index >= 15 is 0 Å². The molecule has 2 rings (SSSR count). The lowest BCUT2D eigenvalue weighted by Gasteiger charge is -2.08. The van der Waals surface area contributed by atoms with Crippen LogP contribution in [-0.2, 0) is 6.54 Å². The summed E-state index contributed by atoms with van der Waals surface area (Å²) in [5.74, 6) is 0.948. The number of nitrogens with one attached hydrogen (secondary N) is 1. The fraction of sp³-hybridized carbons (Fsp3) is 0.375. The smallest absolute Gasteiger partial charge is 0.119 e. The zero-order chi connectivity index (χ0) is 13.7. The van der Waals surface area contributed by atoms with Gasteiger partial charge in [0.1, 0.15) is 12.4 Å². The summed E-state index contributed by atoms with van der Waals surface area (Å²) in [6.07, 6.45) is 0. The molecule has 2 nitrogen and oxygen atoms in total. The van der Waals surface area contributed by atoms with E-state index in [9.17, 15) is 0 Å². The molecule has 0 amide bonds. The van der Waals surface area contributed by atoms with Gasteiger partial charge in [-0.05, 0) is 50.1 Å². The topological polar surface area (TPSA) is 21.3 Å². The highest BCUT2D eigenvalue weighted by Crippen LogP contribution is 2.20. The molecule has 0 atom stereocenters. The van der Waals surface area contributed by atoms with E-state index in [-0.39, 0.29) is 0 Å². The Labute approximate surface area is 119 Å². The van der Waals surface area contributed by atoms with Gasteiger partial charge in [0.2, 0.25) is 0 Å². The Morgan fingerprint density at radius 1 is 1.16 bits per heavy atom. The number of benzene rings is 1. The molecule has 0 radical (unpaired) electrons. The van der Waals surface area contributed by atoms with Gasteiger partial charge in [0.25, 0.3) is 0 Å². The van der Waals surface area contributed by atoms with Crippen LogP contribution in [0.5, 0.6) is 5.75 Å². The van der Waals surface area contributed by atoms with Crippen LogP contribution >= 0.6 is 11.3 Å². The molecule has 19 heavy (non-hydrogen) atoms. The maximum atomic E-state index is 5.70. The fourth-order valence-electron chi connectivity index (χ4n) is 2.03. The lowest BCUT2D eigenvalue weighted by atomic mass is 10.2. The van der Waals surface area contributed by atoms with Gasteiger partial charge in [-0.15, -0.1) is 11.3 Å². The van der Waals surface area contributed by atoms with E-state index in [1.807, 2.05) is 23.5 Å². The molecule has 0 saturated heterocycles. The van der Waals surface area contributed by atoms with Gasteiger partial charge < -0.3 is 10.1 Å². The summed E-state index contributed by atoms with van der Waals surface area (Å²) >= 11 is 1.86. The van der Waals surface area contributed by atoms with E-state index in [1.54, 1.807) is 0 Å². The third-order valence-electron chi connectivity index (χ3n) is 3.00.